The van der Waals surface area contributed by atoms with Crippen molar-refractivity contribution in [1.82, 2.24) is 4.31 Å². The predicted octanol–water partition coefficient (Wildman–Crippen LogP) is 3.64. The van der Waals surface area contributed by atoms with E-state index in [9.17, 15) is 8.42 Å². The number of hydrogen-bond acceptors (Lipinski definition) is 3. The molecule has 0 fully saturated rings. The number of rotatable bonds is 6. The molecule has 1 rings (SSSR count). The third-order valence-electron chi connectivity index (χ3n) is 3.07. The smallest absolute Gasteiger partial charge is 0.246 e. The zero-order valence-electron chi connectivity index (χ0n) is 12.2. The summed E-state index contributed by atoms with van der Waals surface area (Å²) in [5.41, 5.74) is 5.33. The SMILES string of the molecule is CCN(CC(C)(C)CN)S(=O)(=O)c1c(Cl)cc(Cl)cc1Cl. The Morgan fingerprint density at radius 3 is 2.05 bits per heavy atom. The van der Waals surface area contributed by atoms with Gasteiger partial charge in [-0.25, -0.2) is 8.42 Å². The van der Waals surface area contributed by atoms with Gasteiger partial charge >= 0.3 is 0 Å². The summed E-state index contributed by atoms with van der Waals surface area (Å²) in [4.78, 5) is -0.120. The van der Waals surface area contributed by atoms with E-state index in [2.05, 4.69) is 0 Å². The summed E-state index contributed by atoms with van der Waals surface area (Å²) in [6.45, 7) is 6.48. The highest BCUT2D eigenvalue weighted by atomic mass is 35.5. The van der Waals surface area contributed by atoms with Crippen molar-refractivity contribution in [3.8, 4) is 0 Å². The summed E-state index contributed by atoms with van der Waals surface area (Å²) in [7, 11) is -3.82. The maximum Gasteiger partial charge on any atom is 0.246 e. The molecule has 0 aliphatic rings. The maximum atomic E-state index is 12.8. The number of hydrogen-bond donors (Lipinski definition) is 1. The molecule has 1 aromatic carbocycles. The lowest BCUT2D eigenvalue weighted by Gasteiger charge is -2.30. The molecule has 0 radical (unpaired) electrons. The fraction of sp³-hybridized carbons (Fsp3) is 0.538. The summed E-state index contributed by atoms with van der Waals surface area (Å²) < 4.78 is 26.9. The molecule has 4 nitrogen and oxygen atoms in total. The van der Waals surface area contributed by atoms with Crippen molar-refractivity contribution in [2.45, 2.75) is 25.7 Å². The van der Waals surface area contributed by atoms with Crippen molar-refractivity contribution < 1.29 is 8.42 Å². The first kappa shape index (κ1) is 19.0. The lowest BCUT2D eigenvalue weighted by molar-refractivity contribution is 0.273. The number of nitrogens with two attached hydrogens (primary N) is 1. The van der Waals surface area contributed by atoms with Gasteiger partial charge in [0.2, 0.25) is 10.0 Å². The van der Waals surface area contributed by atoms with Crippen molar-refractivity contribution in [2.24, 2.45) is 11.1 Å². The van der Waals surface area contributed by atoms with E-state index in [-0.39, 0.29) is 31.9 Å². The van der Waals surface area contributed by atoms with Crippen LogP contribution in [0.25, 0.3) is 0 Å². The molecule has 0 aliphatic heterocycles. The van der Waals surface area contributed by atoms with Crippen LogP contribution in [0.5, 0.6) is 0 Å². The standard InChI is InChI=1S/C13H19Cl3N2O2S/c1-4-18(8-13(2,3)7-17)21(19,20)12-10(15)5-9(14)6-11(12)16/h5-6H,4,7-8,17H2,1-3H3. The molecular formula is C13H19Cl3N2O2S. The minimum atomic E-state index is -3.82. The quantitative estimate of drug-likeness (QED) is 0.828. The summed E-state index contributed by atoms with van der Waals surface area (Å²) in [5.74, 6) is 0. The summed E-state index contributed by atoms with van der Waals surface area (Å²) in [6, 6.07) is 2.73. The minimum absolute atomic E-state index is 0.0107. The third-order valence-corrected chi connectivity index (χ3v) is 6.13. The topological polar surface area (TPSA) is 63.4 Å². The first-order valence-electron chi connectivity index (χ1n) is 6.40. The highest BCUT2D eigenvalue weighted by molar-refractivity contribution is 7.89. The molecular weight excluding hydrogens is 355 g/mol. The molecule has 0 saturated heterocycles. The van der Waals surface area contributed by atoms with E-state index < -0.39 is 10.0 Å². The van der Waals surface area contributed by atoms with Gasteiger partial charge in [0.05, 0.1) is 10.0 Å². The highest BCUT2D eigenvalue weighted by Crippen LogP contribution is 2.35. The summed E-state index contributed by atoms with van der Waals surface area (Å²) >= 11 is 17.9. The number of sulfonamides is 1. The average molecular weight is 374 g/mol. The molecule has 1 aromatic rings. The summed E-state index contributed by atoms with van der Waals surface area (Å²) in [6.07, 6.45) is 0. The molecule has 0 atom stereocenters. The molecule has 0 aliphatic carbocycles. The lowest BCUT2D eigenvalue weighted by atomic mass is 9.94. The molecule has 0 heterocycles. The number of nitrogens with zero attached hydrogens (tertiary/aromatic N) is 1. The van der Waals surface area contributed by atoms with Gasteiger partial charge in [-0.1, -0.05) is 55.6 Å². The van der Waals surface area contributed by atoms with Gasteiger partial charge in [0.1, 0.15) is 4.90 Å². The van der Waals surface area contributed by atoms with Crippen molar-refractivity contribution in [1.29, 1.82) is 0 Å². The van der Waals surface area contributed by atoms with Gasteiger partial charge in [-0.15, -0.1) is 0 Å². The van der Waals surface area contributed by atoms with Gasteiger partial charge in [-0.3, -0.25) is 0 Å². The van der Waals surface area contributed by atoms with E-state index in [1.807, 2.05) is 13.8 Å². The van der Waals surface area contributed by atoms with Crippen molar-refractivity contribution in [2.75, 3.05) is 19.6 Å². The Morgan fingerprint density at radius 2 is 1.67 bits per heavy atom. The van der Waals surface area contributed by atoms with Crippen LogP contribution in [0.4, 0.5) is 0 Å². The van der Waals surface area contributed by atoms with Gasteiger partial charge in [0.25, 0.3) is 0 Å². The van der Waals surface area contributed by atoms with Crippen LogP contribution in [0.1, 0.15) is 20.8 Å². The largest absolute Gasteiger partial charge is 0.330 e. The van der Waals surface area contributed by atoms with Gasteiger partial charge in [-0.2, -0.15) is 4.31 Å². The molecule has 21 heavy (non-hydrogen) atoms. The van der Waals surface area contributed by atoms with Gasteiger partial charge in [0, 0.05) is 18.1 Å². The Kier molecular flexibility index (Phi) is 6.36. The summed E-state index contributed by atoms with van der Waals surface area (Å²) in [5, 5.41) is 0.308. The first-order valence-corrected chi connectivity index (χ1v) is 8.97. The normalized spacial score (nSPS) is 13.0. The van der Waals surface area contributed by atoms with Gasteiger partial charge in [-0.05, 0) is 24.1 Å². The van der Waals surface area contributed by atoms with E-state index in [1.165, 1.54) is 16.4 Å². The second-order valence-electron chi connectivity index (χ2n) is 5.50. The Bertz CT molecular complexity index is 595. The van der Waals surface area contributed by atoms with Crippen LogP contribution in [0.3, 0.4) is 0 Å². The molecule has 0 bridgehead atoms. The van der Waals surface area contributed by atoms with Crippen LogP contribution < -0.4 is 5.73 Å². The monoisotopic (exact) mass is 372 g/mol. The van der Waals surface area contributed by atoms with Gasteiger partial charge in [0.15, 0.2) is 0 Å². The zero-order valence-corrected chi connectivity index (χ0v) is 15.2. The van der Waals surface area contributed by atoms with E-state index in [1.54, 1.807) is 6.92 Å². The molecule has 0 unspecified atom stereocenters. The van der Waals surface area contributed by atoms with E-state index >= 15 is 0 Å². The van der Waals surface area contributed by atoms with Crippen molar-refractivity contribution >= 4 is 44.8 Å². The second-order valence-corrected chi connectivity index (χ2v) is 8.62. The van der Waals surface area contributed by atoms with Crippen molar-refractivity contribution in [3.05, 3.63) is 27.2 Å². The average Bonchev–Trinajstić information content (AvgIpc) is 2.34. The molecule has 8 heteroatoms. The Balaban J connectivity index is 3.32. The van der Waals surface area contributed by atoms with E-state index in [0.29, 0.717) is 13.1 Å². The molecule has 0 saturated carbocycles. The molecule has 0 spiro atoms. The second kappa shape index (κ2) is 7.02. The van der Waals surface area contributed by atoms with Crippen molar-refractivity contribution in [3.63, 3.8) is 0 Å². The molecule has 2 N–H and O–H groups in total. The molecule has 0 amide bonds. The van der Waals surface area contributed by atoms with E-state index in [0.717, 1.165) is 0 Å². The minimum Gasteiger partial charge on any atom is -0.330 e. The van der Waals surface area contributed by atoms with Crippen LogP contribution in [0.2, 0.25) is 15.1 Å². The van der Waals surface area contributed by atoms with Crippen LogP contribution in [-0.2, 0) is 10.0 Å². The fourth-order valence-electron chi connectivity index (χ4n) is 1.81. The lowest BCUT2D eigenvalue weighted by Crippen LogP contribution is -2.42. The van der Waals surface area contributed by atoms with Gasteiger partial charge < -0.3 is 5.73 Å². The maximum absolute atomic E-state index is 12.8. The Hall–Kier alpha value is -0.0400. The zero-order chi connectivity index (χ0) is 16.4. The predicted molar refractivity (Wildman–Crippen MR) is 88.7 cm³/mol. The van der Waals surface area contributed by atoms with Crippen LogP contribution in [-0.4, -0.2) is 32.4 Å². The number of benzene rings is 1. The first-order chi connectivity index (χ1) is 9.55. The highest BCUT2D eigenvalue weighted by Gasteiger charge is 2.32. The van der Waals surface area contributed by atoms with Crippen LogP contribution >= 0.6 is 34.8 Å². The van der Waals surface area contributed by atoms with Crippen LogP contribution in [0, 0.1) is 5.41 Å². The Labute approximate surface area is 141 Å². The number of halogens is 3. The van der Waals surface area contributed by atoms with Crippen LogP contribution in [0.15, 0.2) is 17.0 Å². The fourth-order valence-corrected chi connectivity index (χ4v) is 4.94. The Morgan fingerprint density at radius 1 is 1.19 bits per heavy atom. The third kappa shape index (κ3) is 4.47. The molecule has 120 valence electrons. The van der Waals surface area contributed by atoms with E-state index in [4.69, 9.17) is 40.5 Å². The molecule has 0 aromatic heterocycles.